The summed E-state index contributed by atoms with van der Waals surface area (Å²) in [5.41, 5.74) is 3.34. The number of hydrogen-bond acceptors (Lipinski definition) is 3. The summed E-state index contributed by atoms with van der Waals surface area (Å²) in [5.74, 6) is 0. The molecule has 0 fully saturated rings. The lowest BCUT2D eigenvalue weighted by atomic mass is 10.1. The predicted octanol–water partition coefficient (Wildman–Crippen LogP) is 3.06. The lowest BCUT2D eigenvalue weighted by Gasteiger charge is -2.27. The molecule has 0 aliphatic rings. The van der Waals surface area contributed by atoms with Crippen molar-refractivity contribution in [1.29, 1.82) is 0 Å². The van der Waals surface area contributed by atoms with Gasteiger partial charge in [-0.2, -0.15) is 0 Å². The van der Waals surface area contributed by atoms with Crippen molar-refractivity contribution in [3.05, 3.63) is 64.7 Å². The predicted molar refractivity (Wildman–Crippen MR) is 88.8 cm³/mol. The van der Waals surface area contributed by atoms with Crippen LogP contribution in [0.2, 0.25) is 5.02 Å². The van der Waals surface area contributed by atoms with Gasteiger partial charge in [-0.25, -0.2) is 0 Å². The summed E-state index contributed by atoms with van der Waals surface area (Å²) in [4.78, 5) is 2.16. The molecule has 0 aromatic heterocycles. The quantitative estimate of drug-likeness (QED) is 0.825. The first kappa shape index (κ1) is 15.8. The molecule has 2 N–H and O–H groups in total. The van der Waals surface area contributed by atoms with Crippen LogP contribution in [0.1, 0.15) is 11.1 Å². The van der Waals surface area contributed by atoms with Crippen molar-refractivity contribution in [2.75, 3.05) is 25.1 Å². The largest absolute Gasteiger partial charge is 0.395 e. The van der Waals surface area contributed by atoms with Gasteiger partial charge in [-0.15, -0.1) is 0 Å². The molecule has 0 heterocycles. The van der Waals surface area contributed by atoms with Crippen LogP contribution >= 0.6 is 11.6 Å². The van der Waals surface area contributed by atoms with Crippen molar-refractivity contribution in [3.63, 3.8) is 0 Å². The first-order chi connectivity index (χ1) is 10.3. The Bertz CT molecular complexity index is 560. The normalized spacial score (nSPS) is 10.6. The van der Waals surface area contributed by atoms with Crippen molar-refractivity contribution in [2.24, 2.45) is 0 Å². The van der Waals surface area contributed by atoms with Crippen molar-refractivity contribution in [2.45, 2.75) is 13.1 Å². The molecule has 21 heavy (non-hydrogen) atoms. The van der Waals surface area contributed by atoms with E-state index in [1.54, 1.807) is 0 Å². The SMILES string of the molecule is CNCc1c(Cl)cccc1N(CCO)Cc1ccccc1. The van der Waals surface area contributed by atoms with Crippen LogP contribution in [0.4, 0.5) is 5.69 Å². The highest BCUT2D eigenvalue weighted by Crippen LogP contribution is 2.28. The molecule has 0 unspecified atom stereocenters. The van der Waals surface area contributed by atoms with Gasteiger partial charge in [-0.05, 0) is 24.7 Å². The lowest BCUT2D eigenvalue weighted by molar-refractivity contribution is 0.301. The van der Waals surface area contributed by atoms with E-state index in [1.165, 1.54) is 5.56 Å². The summed E-state index contributed by atoms with van der Waals surface area (Å²) in [7, 11) is 1.90. The van der Waals surface area contributed by atoms with Crippen LogP contribution in [0.5, 0.6) is 0 Å². The molecule has 2 aromatic rings. The van der Waals surface area contributed by atoms with Crippen LogP contribution in [0.3, 0.4) is 0 Å². The Hall–Kier alpha value is -1.55. The Morgan fingerprint density at radius 2 is 1.86 bits per heavy atom. The van der Waals surface area contributed by atoms with E-state index in [0.717, 1.165) is 22.8 Å². The van der Waals surface area contributed by atoms with Crippen molar-refractivity contribution < 1.29 is 5.11 Å². The average Bonchev–Trinajstić information content (AvgIpc) is 2.50. The Kier molecular flexibility index (Phi) is 6.05. The van der Waals surface area contributed by atoms with Gasteiger partial charge in [0.1, 0.15) is 0 Å². The third kappa shape index (κ3) is 4.21. The topological polar surface area (TPSA) is 35.5 Å². The highest BCUT2D eigenvalue weighted by atomic mass is 35.5. The number of anilines is 1. The number of hydrogen-bond donors (Lipinski definition) is 2. The average molecular weight is 305 g/mol. The second-order valence-corrected chi connectivity index (χ2v) is 5.31. The minimum absolute atomic E-state index is 0.109. The van der Waals surface area contributed by atoms with Gasteiger partial charge in [0.2, 0.25) is 0 Å². The van der Waals surface area contributed by atoms with Crippen LogP contribution in [-0.4, -0.2) is 25.3 Å². The van der Waals surface area contributed by atoms with E-state index >= 15 is 0 Å². The fourth-order valence-corrected chi connectivity index (χ4v) is 2.64. The molecule has 0 saturated carbocycles. The van der Waals surface area contributed by atoms with E-state index in [1.807, 2.05) is 37.4 Å². The summed E-state index contributed by atoms with van der Waals surface area (Å²) < 4.78 is 0. The van der Waals surface area contributed by atoms with Crippen LogP contribution in [0.15, 0.2) is 48.5 Å². The number of aliphatic hydroxyl groups is 1. The van der Waals surface area contributed by atoms with Gasteiger partial charge in [0.05, 0.1) is 6.61 Å². The van der Waals surface area contributed by atoms with Gasteiger partial charge in [0, 0.05) is 35.9 Å². The number of nitrogens with one attached hydrogen (secondary N) is 1. The molecular formula is C17H21ClN2O. The summed E-state index contributed by atoms with van der Waals surface area (Å²) in [6, 6.07) is 16.1. The molecule has 0 atom stereocenters. The molecule has 4 heteroatoms. The second-order valence-electron chi connectivity index (χ2n) is 4.90. The van der Waals surface area contributed by atoms with E-state index in [2.05, 4.69) is 28.4 Å². The van der Waals surface area contributed by atoms with Gasteiger partial charge >= 0.3 is 0 Å². The molecule has 0 aliphatic heterocycles. The molecule has 0 radical (unpaired) electrons. The van der Waals surface area contributed by atoms with Crippen LogP contribution in [0.25, 0.3) is 0 Å². The second kappa shape index (κ2) is 8.03. The highest BCUT2D eigenvalue weighted by molar-refractivity contribution is 6.31. The van der Waals surface area contributed by atoms with Crippen LogP contribution in [-0.2, 0) is 13.1 Å². The Morgan fingerprint density at radius 3 is 2.52 bits per heavy atom. The lowest BCUT2D eigenvalue weighted by Crippen LogP contribution is -2.27. The zero-order valence-corrected chi connectivity index (χ0v) is 13.0. The summed E-state index contributed by atoms with van der Waals surface area (Å²) in [6.07, 6.45) is 0. The third-order valence-corrected chi connectivity index (χ3v) is 3.73. The zero-order valence-electron chi connectivity index (χ0n) is 12.2. The summed E-state index contributed by atoms with van der Waals surface area (Å²) in [6.45, 7) is 2.13. The Balaban J connectivity index is 2.31. The molecular weight excluding hydrogens is 284 g/mol. The minimum Gasteiger partial charge on any atom is -0.395 e. The molecule has 2 aromatic carbocycles. The van der Waals surface area contributed by atoms with E-state index < -0.39 is 0 Å². The Labute approximate surface area is 131 Å². The molecule has 0 saturated heterocycles. The molecule has 0 aliphatic carbocycles. The Morgan fingerprint density at radius 1 is 1.10 bits per heavy atom. The number of nitrogens with zero attached hydrogens (tertiary/aromatic N) is 1. The highest BCUT2D eigenvalue weighted by Gasteiger charge is 2.13. The number of aliphatic hydroxyl groups excluding tert-OH is 1. The maximum Gasteiger partial charge on any atom is 0.0606 e. The maximum absolute atomic E-state index is 9.38. The minimum atomic E-state index is 0.109. The zero-order chi connectivity index (χ0) is 15.1. The molecule has 2 rings (SSSR count). The first-order valence-electron chi connectivity index (χ1n) is 7.08. The third-order valence-electron chi connectivity index (χ3n) is 3.37. The number of halogens is 1. The first-order valence-corrected chi connectivity index (χ1v) is 7.45. The molecule has 0 spiro atoms. The van der Waals surface area contributed by atoms with E-state index in [9.17, 15) is 5.11 Å². The maximum atomic E-state index is 9.38. The summed E-state index contributed by atoms with van der Waals surface area (Å²) in [5, 5.41) is 13.3. The van der Waals surface area contributed by atoms with Crippen molar-refractivity contribution in [3.8, 4) is 0 Å². The standard InChI is InChI=1S/C17H21ClN2O/c1-19-12-15-16(18)8-5-9-17(15)20(10-11-21)13-14-6-3-2-4-7-14/h2-9,19,21H,10-13H2,1H3. The molecule has 0 bridgehead atoms. The molecule has 112 valence electrons. The van der Waals surface area contributed by atoms with Crippen molar-refractivity contribution in [1.82, 2.24) is 5.32 Å². The van der Waals surface area contributed by atoms with E-state index in [-0.39, 0.29) is 6.61 Å². The fraction of sp³-hybridized carbons (Fsp3) is 0.294. The molecule has 3 nitrogen and oxygen atoms in total. The van der Waals surface area contributed by atoms with Crippen LogP contribution < -0.4 is 10.2 Å². The van der Waals surface area contributed by atoms with Gasteiger partial charge in [-0.3, -0.25) is 0 Å². The number of benzene rings is 2. The monoisotopic (exact) mass is 304 g/mol. The van der Waals surface area contributed by atoms with Crippen molar-refractivity contribution >= 4 is 17.3 Å². The van der Waals surface area contributed by atoms with Gasteiger partial charge in [0.15, 0.2) is 0 Å². The van der Waals surface area contributed by atoms with Gasteiger partial charge < -0.3 is 15.3 Å². The van der Waals surface area contributed by atoms with Crippen LogP contribution in [0, 0.1) is 0 Å². The summed E-state index contributed by atoms with van der Waals surface area (Å²) >= 11 is 6.33. The van der Waals surface area contributed by atoms with E-state index in [4.69, 9.17) is 11.6 Å². The smallest absolute Gasteiger partial charge is 0.0606 e. The van der Waals surface area contributed by atoms with Gasteiger partial charge in [0.25, 0.3) is 0 Å². The fourth-order valence-electron chi connectivity index (χ4n) is 2.40. The van der Waals surface area contributed by atoms with Gasteiger partial charge in [-0.1, -0.05) is 48.0 Å². The van der Waals surface area contributed by atoms with E-state index in [0.29, 0.717) is 13.1 Å². The number of rotatable bonds is 7. The molecule has 0 amide bonds.